The zero-order valence-corrected chi connectivity index (χ0v) is 17.1. The highest BCUT2D eigenvalue weighted by Gasteiger charge is 2.19. The Morgan fingerprint density at radius 3 is 2.52 bits per heavy atom. The van der Waals surface area contributed by atoms with Gasteiger partial charge in [-0.15, -0.1) is 0 Å². The zero-order valence-electron chi connectivity index (χ0n) is 17.1. The van der Waals surface area contributed by atoms with Gasteiger partial charge in [-0.05, 0) is 23.1 Å². The van der Waals surface area contributed by atoms with Gasteiger partial charge < -0.3 is 10.1 Å². The SMILES string of the molecule is Cn1c(=O)c2cc(NC(=O)COc3ccccc3C(C)(C)C)cnc2n(C)c1=O. The van der Waals surface area contributed by atoms with Crippen molar-refractivity contribution in [2.75, 3.05) is 11.9 Å². The van der Waals surface area contributed by atoms with E-state index >= 15 is 0 Å². The summed E-state index contributed by atoms with van der Waals surface area (Å²) in [6, 6.07) is 9.10. The van der Waals surface area contributed by atoms with Crippen molar-refractivity contribution >= 4 is 22.6 Å². The third-order valence-corrected chi connectivity index (χ3v) is 4.63. The third kappa shape index (κ3) is 4.06. The highest BCUT2D eigenvalue weighted by molar-refractivity contribution is 5.93. The molecule has 3 aromatic rings. The summed E-state index contributed by atoms with van der Waals surface area (Å²) in [5.74, 6) is 0.271. The maximum Gasteiger partial charge on any atom is 0.332 e. The highest BCUT2D eigenvalue weighted by atomic mass is 16.5. The lowest BCUT2D eigenvalue weighted by Gasteiger charge is -2.22. The van der Waals surface area contributed by atoms with Crippen LogP contribution in [0.1, 0.15) is 26.3 Å². The molecule has 1 N–H and O–H groups in total. The molecule has 0 saturated carbocycles. The van der Waals surface area contributed by atoms with E-state index in [-0.39, 0.29) is 29.0 Å². The van der Waals surface area contributed by atoms with Crippen molar-refractivity contribution in [3.05, 3.63) is 62.9 Å². The van der Waals surface area contributed by atoms with E-state index in [9.17, 15) is 14.4 Å². The van der Waals surface area contributed by atoms with Crippen LogP contribution in [0, 0.1) is 0 Å². The fraction of sp³-hybridized carbons (Fsp3) is 0.333. The summed E-state index contributed by atoms with van der Waals surface area (Å²) < 4.78 is 8.01. The van der Waals surface area contributed by atoms with Gasteiger partial charge in [-0.25, -0.2) is 9.78 Å². The molecule has 3 rings (SSSR count). The van der Waals surface area contributed by atoms with E-state index in [1.165, 1.54) is 30.9 Å². The van der Waals surface area contributed by atoms with Gasteiger partial charge in [0.05, 0.1) is 17.3 Å². The van der Waals surface area contributed by atoms with Crippen LogP contribution < -0.4 is 21.3 Å². The van der Waals surface area contributed by atoms with Gasteiger partial charge >= 0.3 is 5.69 Å². The van der Waals surface area contributed by atoms with Crippen molar-refractivity contribution in [3.8, 4) is 5.75 Å². The molecule has 8 nitrogen and oxygen atoms in total. The minimum absolute atomic E-state index is 0.120. The molecule has 1 aromatic carbocycles. The van der Waals surface area contributed by atoms with Gasteiger partial charge in [-0.2, -0.15) is 0 Å². The molecule has 0 bridgehead atoms. The number of rotatable bonds is 4. The van der Waals surface area contributed by atoms with Crippen LogP contribution in [0.3, 0.4) is 0 Å². The number of aromatic nitrogens is 3. The molecule has 8 heteroatoms. The molecule has 152 valence electrons. The van der Waals surface area contributed by atoms with Gasteiger partial charge in [0.2, 0.25) is 0 Å². The molecule has 0 atom stereocenters. The van der Waals surface area contributed by atoms with Crippen LogP contribution in [-0.2, 0) is 24.3 Å². The molecular formula is C21H24N4O4. The average Bonchev–Trinajstić information content (AvgIpc) is 2.68. The van der Waals surface area contributed by atoms with Crippen LogP contribution in [0.4, 0.5) is 5.69 Å². The number of nitrogens with one attached hydrogen (secondary N) is 1. The second-order valence-electron chi connectivity index (χ2n) is 7.88. The number of para-hydroxylation sites is 1. The molecule has 1 amide bonds. The number of fused-ring (bicyclic) bond motifs is 1. The van der Waals surface area contributed by atoms with Crippen LogP contribution in [0.15, 0.2) is 46.1 Å². The smallest absolute Gasteiger partial charge is 0.332 e. The lowest BCUT2D eigenvalue weighted by Crippen LogP contribution is -2.37. The van der Waals surface area contributed by atoms with Crippen molar-refractivity contribution in [1.29, 1.82) is 0 Å². The molecule has 0 spiro atoms. The molecule has 29 heavy (non-hydrogen) atoms. The fourth-order valence-corrected chi connectivity index (χ4v) is 3.09. The number of nitrogens with zero attached hydrogens (tertiary/aromatic N) is 3. The Morgan fingerprint density at radius 1 is 1.14 bits per heavy atom. The summed E-state index contributed by atoms with van der Waals surface area (Å²) in [6.45, 7) is 6.04. The van der Waals surface area contributed by atoms with Crippen molar-refractivity contribution in [2.45, 2.75) is 26.2 Å². The Kier molecular flexibility index (Phi) is 5.28. The van der Waals surface area contributed by atoms with Crippen LogP contribution in [0.25, 0.3) is 11.0 Å². The van der Waals surface area contributed by atoms with Crippen LogP contribution in [0.5, 0.6) is 5.75 Å². The molecule has 0 aliphatic rings. The molecular weight excluding hydrogens is 372 g/mol. The minimum Gasteiger partial charge on any atom is -0.483 e. The Bertz CT molecular complexity index is 1200. The van der Waals surface area contributed by atoms with E-state index in [1.54, 1.807) is 0 Å². The van der Waals surface area contributed by atoms with Gasteiger partial charge in [0, 0.05) is 14.1 Å². The normalized spacial score (nSPS) is 11.5. The Labute approximate surface area is 167 Å². The van der Waals surface area contributed by atoms with Gasteiger partial charge in [-0.3, -0.25) is 18.7 Å². The molecule has 2 heterocycles. The summed E-state index contributed by atoms with van der Waals surface area (Å²) in [5, 5.41) is 2.92. The number of pyridine rings is 1. The molecule has 2 aromatic heterocycles. The summed E-state index contributed by atoms with van der Waals surface area (Å²) in [7, 11) is 2.94. The average molecular weight is 396 g/mol. The molecule has 0 unspecified atom stereocenters. The van der Waals surface area contributed by atoms with E-state index in [2.05, 4.69) is 31.1 Å². The topological polar surface area (TPSA) is 95.2 Å². The van der Waals surface area contributed by atoms with Gasteiger partial charge in [0.25, 0.3) is 11.5 Å². The van der Waals surface area contributed by atoms with Crippen molar-refractivity contribution in [1.82, 2.24) is 14.1 Å². The quantitative estimate of drug-likeness (QED) is 0.727. The molecule has 0 fully saturated rings. The second-order valence-corrected chi connectivity index (χ2v) is 7.88. The summed E-state index contributed by atoms with van der Waals surface area (Å²) in [6.07, 6.45) is 1.40. The predicted octanol–water partition coefficient (Wildman–Crippen LogP) is 1.95. The van der Waals surface area contributed by atoms with E-state index in [0.29, 0.717) is 11.4 Å². The molecule has 0 aliphatic heterocycles. The molecule has 0 radical (unpaired) electrons. The number of ether oxygens (including phenoxy) is 1. The summed E-state index contributed by atoms with van der Waals surface area (Å²) >= 11 is 0. The predicted molar refractivity (Wildman–Crippen MR) is 111 cm³/mol. The Hall–Kier alpha value is -3.42. The number of carbonyl (C=O) groups excluding carboxylic acids is 1. The number of amides is 1. The fourth-order valence-electron chi connectivity index (χ4n) is 3.09. The van der Waals surface area contributed by atoms with Gasteiger partial charge in [-0.1, -0.05) is 39.0 Å². The molecule has 0 saturated heterocycles. The standard InChI is InChI=1S/C21H24N4O4/c1-21(2,3)15-8-6-7-9-16(15)29-12-17(26)23-13-10-14-18(22-11-13)24(4)20(28)25(5)19(14)27/h6-11H,12H2,1-5H3,(H,23,26). The number of aryl methyl sites for hydroxylation is 1. The first-order chi connectivity index (χ1) is 13.6. The van der Waals surface area contributed by atoms with E-state index in [0.717, 1.165) is 10.1 Å². The Balaban J connectivity index is 1.80. The van der Waals surface area contributed by atoms with E-state index in [1.807, 2.05) is 24.3 Å². The maximum absolute atomic E-state index is 12.4. The van der Waals surface area contributed by atoms with Crippen molar-refractivity contribution < 1.29 is 9.53 Å². The first-order valence-corrected chi connectivity index (χ1v) is 9.17. The lowest BCUT2D eigenvalue weighted by atomic mass is 9.86. The number of hydrogen-bond donors (Lipinski definition) is 1. The number of carbonyl (C=O) groups is 1. The largest absolute Gasteiger partial charge is 0.483 e. The number of hydrogen-bond acceptors (Lipinski definition) is 5. The minimum atomic E-state index is -0.470. The van der Waals surface area contributed by atoms with Gasteiger partial charge in [0.15, 0.2) is 6.61 Å². The summed E-state index contributed by atoms with van der Waals surface area (Å²) in [4.78, 5) is 40.8. The van der Waals surface area contributed by atoms with E-state index in [4.69, 9.17) is 4.74 Å². The Morgan fingerprint density at radius 2 is 1.83 bits per heavy atom. The second kappa shape index (κ2) is 7.54. The monoisotopic (exact) mass is 396 g/mol. The lowest BCUT2D eigenvalue weighted by molar-refractivity contribution is -0.118. The van der Waals surface area contributed by atoms with Crippen LogP contribution in [0.2, 0.25) is 0 Å². The van der Waals surface area contributed by atoms with Crippen molar-refractivity contribution in [2.24, 2.45) is 14.1 Å². The number of benzene rings is 1. The first-order valence-electron chi connectivity index (χ1n) is 9.17. The third-order valence-electron chi connectivity index (χ3n) is 4.63. The molecule has 0 aliphatic carbocycles. The van der Waals surface area contributed by atoms with Gasteiger partial charge in [0.1, 0.15) is 11.4 Å². The number of anilines is 1. The zero-order chi connectivity index (χ0) is 21.3. The van der Waals surface area contributed by atoms with Crippen LogP contribution >= 0.6 is 0 Å². The highest BCUT2D eigenvalue weighted by Crippen LogP contribution is 2.30. The maximum atomic E-state index is 12.4. The van der Waals surface area contributed by atoms with Crippen molar-refractivity contribution in [3.63, 3.8) is 0 Å². The summed E-state index contributed by atoms with van der Waals surface area (Å²) in [5.41, 5.74) is 0.562. The van der Waals surface area contributed by atoms with Crippen LogP contribution in [-0.4, -0.2) is 26.6 Å². The first kappa shape index (κ1) is 20.3. The van der Waals surface area contributed by atoms with E-state index < -0.39 is 11.2 Å².